The smallest absolute Gasteiger partial charge is 0.224 e. The zero-order chi connectivity index (χ0) is 23.5. The van der Waals surface area contributed by atoms with Gasteiger partial charge in [-0.25, -0.2) is 9.37 Å². The third-order valence-corrected chi connectivity index (χ3v) is 5.85. The van der Waals surface area contributed by atoms with Gasteiger partial charge in [-0.15, -0.1) is 0 Å². The average Bonchev–Trinajstić information content (AvgIpc) is 2.84. The van der Waals surface area contributed by atoms with Gasteiger partial charge in [0.1, 0.15) is 5.82 Å². The Hall–Kier alpha value is -3.61. The standard InChI is InChI=1S/C25H15Cl2FN2O3/c1-33-25-16(13-32)7-8-21(30-25)19-4-2-3-17(22(19)26)18-9-10-29-24(23(18)27)14-5-6-15(12-31)20(28)11-14/h2-13H,1H3. The largest absolute Gasteiger partial charge is 0.480 e. The predicted molar refractivity (Wildman–Crippen MR) is 126 cm³/mol. The van der Waals surface area contributed by atoms with E-state index in [1.54, 1.807) is 48.7 Å². The van der Waals surface area contributed by atoms with Crippen molar-refractivity contribution in [2.75, 3.05) is 7.11 Å². The molecule has 0 aliphatic heterocycles. The number of aldehydes is 2. The molecule has 0 aliphatic rings. The van der Waals surface area contributed by atoms with E-state index in [9.17, 15) is 14.0 Å². The Bertz CT molecular complexity index is 1390. The van der Waals surface area contributed by atoms with E-state index in [-0.39, 0.29) is 16.5 Å². The molecule has 0 N–H and O–H groups in total. The molecule has 0 saturated heterocycles. The van der Waals surface area contributed by atoms with Crippen molar-refractivity contribution in [1.29, 1.82) is 0 Å². The number of aromatic nitrogens is 2. The second-order valence-corrected chi connectivity index (χ2v) is 7.71. The molecule has 0 fully saturated rings. The fourth-order valence-corrected chi connectivity index (χ4v) is 4.06. The lowest BCUT2D eigenvalue weighted by atomic mass is 9.99. The van der Waals surface area contributed by atoms with Gasteiger partial charge >= 0.3 is 0 Å². The first-order valence-corrected chi connectivity index (χ1v) is 10.4. The van der Waals surface area contributed by atoms with Crippen LogP contribution in [0.2, 0.25) is 10.0 Å². The van der Waals surface area contributed by atoms with Gasteiger partial charge in [-0.1, -0.05) is 47.5 Å². The highest BCUT2D eigenvalue weighted by molar-refractivity contribution is 6.39. The number of halogens is 3. The molecule has 0 atom stereocenters. The van der Waals surface area contributed by atoms with Crippen LogP contribution in [0.1, 0.15) is 20.7 Å². The summed E-state index contributed by atoms with van der Waals surface area (Å²) in [6.07, 6.45) is 2.65. The van der Waals surface area contributed by atoms with Gasteiger partial charge in [-0.05, 0) is 30.3 Å². The Labute approximate surface area is 198 Å². The molecule has 0 radical (unpaired) electrons. The Morgan fingerprint density at radius 2 is 1.58 bits per heavy atom. The lowest BCUT2D eigenvalue weighted by Crippen LogP contribution is -1.97. The summed E-state index contributed by atoms with van der Waals surface area (Å²) >= 11 is 13.4. The van der Waals surface area contributed by atoms with Gasteiger partial charge in [0.15, 0.2) is 12.6 Å². The number of benzene rings is 2. The number of carbonyl (C=O) groups is 2. The number of pyridine rings is 2. The summed E-state index contributed by atoms with van der Waals surface area (Å²) in [4.78, 5) is 30.8. The fourth-order valence-electron chi connectivity index (χ4n) is 3.42. The first kappa shape index (κ1) is 22.6. The van der Waals surface area contributed by atoms with Crippen molar-refractivity contribution >= 4 is 35.8 Å². The summed E-state index contributed by atoms with van der Waals surface area (Å²) in [7, 11) is 1.43. The van der Waals surface area contributed by atoms with Crippen LogP contribution in [0.5, 0.6) is 5.88 Å². The van der Waals surface area contributed by atoms with E-state index in [1.807, 2.05) is 0 Å². The summed E-state index contributed by atoms with van der Waals surface area (Å²) in [5.74, 6) is -0.474. The fraction of sp³-hybridized carbons (Fsp3) is 0.0400. The molecule has 8 heteroatoms. The van der Waals surface area contributed by atoms with E-state index in [2.05, 4.69) is 9.97 Å². The third-order valence-electron chi connectivity index (χ3n) is 5.06. The van der Waals surface area contributed by atoms with Crippen molar-refractivity contribution in [3.8, 4) is 39.5 Å². The number of ether oxygens (including phenoxy) is 1. The second kappa shape index (κ2) is 9.48. The van der Waals surface area contributed by atoms with Gasteiger partial charge in [-0.2, -0.15) is 0 Å². The quantitative estimate of drug-likeness (QED) is 0.292. The summed E-state index contributed by atoms with van der Waals surface area (Å²) < 4.78 is 19.3. The maximum atomic E-state index is 14.1. The Morgan fingerprint density at radius 1 is 0.879 bits per heavy atom. The summed E-state index contributed by atoms with van der Waals surface area (Å²) in [5, 5.41) is 0.657. The van der Waals surface area contributed by atoms with Crippen molar-refractivity contribution in [3.05, 3.63) is 87.8 Å². The highest BCUT2D eigenvalue weighted by Crippen LogP contribution is 2.41. The lowest BCUT2D eigenvalue weighted by molar-refractivity contribution is 0.111. The van der Waals surface area contributed by atoms with Crippen LogP contribution in [-0.4, -0.2) is 29.7 Å². The molecule has 0 aliphatic carbocycles. The molecule has 2 aromatic heterocycles. The predicted octanol–water partition coefficient (Wildman–Crippen LogP) is 6.56. The van der Waals surface area contributed by atoms with Crippen LogP contribution in [0, 0.1) is 5.82 Å². The Morgan fingerprint density at radius 3 is 2.27 bits per heavy atom. The minimum Gasteiger partial charge on any atom is -0.480 e. The first-order chi connectivity index (χ1) is 16.0. The molecular weight excluding hydrogens is 466 g/mol. The van der Waals surface area contributed by atoms with Crippen molar-refractivity contribution in [1.82, 2.24) is 9.97 Å². The van der Waals surface area contributed by atoms with Crippen molar-refractivity contribution in [3.63, 3.8) is 0 Å². The van der Waals surface area contributed by atoms with E-state index in [0.29, 0.717) is 56.8 Å². The highest BCUT2D eigenvalue weighted by Gasteiger charge is 2.18. The maximum Gasteiger partial charge on any atom is 0.224 e. The normalized spacial score (nSPS) is 10.7. The topological polar surface area (TPSA) is 69.2 Å². The monoisotopic (exact) mass is 480 g/mol. The van der Waals surface area contributed by atoms with E-state index in [4.69, 9.17) is 27.9 Å². The summed E-state index contributed by atoms with van der Waals surface area (Å²) in [6, 6.07) is 14.5. The number of nitrogens with zero attached hydrogens (tertiary/aromatic N) is 2. The van der Waals surface area contributed by atoms with Crippen LogP contribution >= 0.6 is 23.2 Å². The summed E-state index contributed by atoms with van der Waals surface area (Å²) in [6.45, 7) is 0. The lowest BCUT2D eigenvalue weighted by Gasteiger charge is -2.14. The van der Waals surface area contributed by atoms with Crippen LogP contribution in [-0.2, 0) is 0 Å². The second-order valence-electron chi connectivity index (χ2n) is 6.96. The van der Waals surface area contributed by atoms with E-state index in [1.165, 1.54) is 19.2 Å². The molecule has 0 saturated carbocycles. The zero-order valence-corrected chi connectivity index (χ0v) is 18.7. The van der Waals surface area contributed by atoms with Gasteiger partial charge in [0.2, 0.25) is 5.88 Å². The SMILES string of the molecule is COc1nc(-c2cccc(-c3ccnc(-c4ccc(C=O)c(F)c4)c3Cl)c2Cl)ccc1C=O. The molecule has 5 nitrogen and oxygen atoms in total. The minimum atomic E-state index is -0.662. The number of hydrogen-bond acceptors (Lipinski definition) is 5. The minimum absolute atomic E-state index is 0.0506. The van der Waals surface area contributed by atoms with E-state index >= 15 is 0 Å². The van der Waals surface area contributed by atoms with E-state index < -0.39 is 5.82 Å². The number of hydrogen-bond donors (Lipinski definition) is 0. The van der Waals surface area contributed by atoms with Crippen LogP contribution < -0.4 is 4.74 Å². The van der Waals surface area contributed by atoms with Crippen LogP contribution in [0.3, 0.4) is 0 Å². The van der Waals surface area contributed by atoms with Crippen molar-refractivity contribution < 1.29 is 18.7 Å². The first-order valence-electron chi connectivity index (χ1n) is 9.67. The molecule has 164 valence electrons. The van der Waals surface area contributed by atoms with Gasteiger partial charge in [-0.3, -0.25) is 14.6 Å². The van der Waals surface area contributed by atoms with Crippen LogP contribution in [0.4, 0.5) is 4.39 Å². The van der Waals surface area contributed by atoms with Crippen molar-refractivity contribution in [2.24, 2.45) is 0 Å². The molecule has 2 aromatic carbocycles. The molecule has 0 unspecified atom stereocenters. The average molecular weight is 481 g/mol. The highest BCUT2D eigenvalue weighted by atomic mass is 35.5. The molecule has 0 amide bonds. The Kier molecular flexibility index (Phi) is 6.49. The number of methoxy groups -OCH3 is 1. The van der Waals surface area contributed by atoms with Crippen LogP contribution in [0.15, 0.2) is 60.8 Å². The molecule has 33 heavy (non-hydrogen) atoms. The molecule has 0 spiro atoms. The van der Waals surface area contributed by atoms with Gasteiger partial charge < -0.3 is 4.74 Å². The number of carbonyl (C=O) groups excluding carboxylic acids is 2. The molecule has 4 rings (SSSR count). The van der Waals surface area contributed by atoms with Gasteiger partial charge in [0, 0.05) is 28.5 Å². The third kappa shape index (κ3) is 4.23. The summed E-state index contributed by atoms with van der Waals surface area (Å²) in [5.41, 5.74) is 3.38. The van der Waals surface area contributed by atoms with Gasteiger partial charge in [0.25, 0.3) is 0 Å². The maximum absolute atomic E-state index is 14.1. The van der Waals surface area contributed by atoms with E-state index in [0.717, 1.165) is 0 Å². The van der Waals surface area contributed by atoms with Gasteiger partial charge in [0.05, 0.1) is 39.7 Å². The molecule has 0 bridgehead atoms. The zero-order valence-electron chi connectivity index (χ0n) is 17.2. The van der Waals surface area contributed by atoms with Crippen LogP contribution in [0.25, 0.3) is 33.6 Å². The Balaban J connectivity index is 1.83. The molecular formula is C25H15Cl2FN2O3. The van der Waals surface area contributed by atoms with Crippen molar-refractivity contribution in [2.45, 2.75) is 0 Å². The number of rotatable bonds is 6. The molecule has 2 heterocycles. The molecule has 4 aromatic rings.